The third-order valence-corrected chi connectivity index (χ3v) is 1.57. The molecule has 0 aromatic heterocycles. The zero-order chi connectivity index (χ0) is 7.28. The molecule has 0 heterocycles. The zero-order valence-corrected chi connectivity index (χ0v) is 7.19. The SMILES string of the molecule is CC(=O)SCC=C(Cl)Cl. The van der Waals surface area contributed by atoms with Gasteiger partial charge in [0.1, 0.15) is 4.49 Å². The van der Waals surface area contributed by atoms with Crippen molar-refractivity contribution < 1.29 is 4.79 Å². The second kappa shape index (κ2) is 5.15. The van der Waals surface area contributed by atoms with Gasteiger partial charge in [-0.25, -0.2) is 0 Å². The van der Waals surface area contributed by atoms with Crippen LogP contribution in [-0.2, 0) is 4.79 Å². The highest BCUT2D eigenvalue weighted by Gasteiger charge is 1.90. The molecule has 0 radical (unpaired) electrons. The molecule has 0 fully saturated rings. The Morgan fingerprint density at radius 1 is 1.67 bits per heavy atom. The molecule has 9 heavy (non-hydrogen) atoms. The highest BCUT2D eigenvalue weighted by molar-refractivity contribution is 8.13. The van der Waals surface area contributed by atoms with Crippen molar-refractivity contribution in [1.82, 2.24) is 0 Å². The second-order valence-corrected chi connectivity index (χ2v) is 3.50. The summed E-state index contributed by atoms with van der Waals surface area (Å²) in [4.78, 5) is 10.3. The van der Waals surface area contributed by atoms with Gasteiger partial charge in [-0.3, -0.25) is 4.79 Å². The summed E-state index contributed by atoms with van der Waals surface area (Å²) in [5.41, 5.74) is 0. The van der Waals surface area contributed by atoms with E-state index in [1.54, 1.807) is 6.08 Å². The Bertz CT molecular complexity index is 129. The quantitative estimate of drug-likeness (QED) is 0.657. The molecule has 0 aliphatic rings. The van der Waals surface area contributed by atoms with Gasteiger partial charge in [0.15, 0.2) is 5.12 Å². The number of hydrogen-bond donors (Lipinski definition) is 0. The molecule has 0 N–H and O–H groups in total. The normalized spacial score (nSPS) is 8.78. The van der Waals surface area contributed by atoms with E-state index in [0.717, 1.165) is 0 Å². The Balaban J connectivity index is 3.31. The number of rotatable bonds is 2. The summed E-state index contributed by atoms with van der Waals surface area (Å²) in [6.45, 7) is 1.50. The molecule has 0 aromatic carbocycles. The van der Waals surface area contributed by atoms with Crippen LogP contribution in [0.2, 0.25) is 0 Å². The molecule has 0 spiro atoms. The Hall–Kier alpha value is 0.340. The molecule has 0 atom stereocenters. The van der Waals surface area contributed by atoms with Crippen LogP contribution in [0, 0.1) is 0 Å². The van der Waals surface area contributed by atoms with Crippen molar-refractivity contribution in [3.63, 3.8) is 0 Å². The Morgan fingerprint density at radius 3 is 2.56 bits per heavy atom. The van der Waals surface area contributed by atoms with Crippen LogP contribution in [-0.4, -0.2) is 10.9 Å². The van der Waals surface area contributed by atoms with Gasteiger partial charge in [0.2, 0.25) is 0 Å². The Morgan fingerprint density at radius 2 is 2.22 bits per heavy atom. The maximum atomic E-state index is 10.3. The molecule has 0 bridgehead atoms. The predicted octanol–water partition coefficient (Wildman–Crippen LogP) is 2.59. The number of halogens is 2. The van der Waals surface area contributed by atoms with Gasteiger partial charge in [-0.15, -0.1) is 0 Å². The van der Waals surface area contributed by atoms with Crippen molar-refractivity contribution in [2.24, 2.45) is 0 Å². The van der Waals surface area contributed by atoms with E-state index in [4.69, 9.17) is 23.2 Å². The molecule has 4 heteroatoms. The molecule has 0 aliphatic carbocycles. The van der Waals surface area contributed by atoms with E-state index < -0.39 is 0 Å². The van der Waals surface area contributed by atoms with Crippen LogP contribution in [0.5, 0.6) is 0 Å². The molecule has 0 amide bonds. The number of carbonyl (C=O) groups excluding carboxylic acids is 1. The first kappa shape index (κ1) is 9.34. The topological polar surface area (TPSA) is 17.1 Å². The van der Waals surface area contributed by atoms with Gasteiger partial charge < -0.3 is 0 Å². The van der Waals surface area contributed by atoms with E-state index in [0.29, 0.717) is 5.75 Å². The van der Waals surface area contributed by atoms with Crippen LogP contribution < -0.4 is 0 Å². The van der Waals surface area contributed by atoms with Gasteiger partial charge in [-0.1, -0.05) is 35.0 Å². The highest BCUT2D eigenvalue weighted by Crippen LogP contribution is 2.09. The van der Waals surface area contributed by atoms with Crippen LogP contribution in [0.4, 0.5) is 0 Å². The molecule has 1 nitrogen and oxygen atoms in total. The monoisotopic (exact) mass is 184 g/mol. The molecule has 0 saturated carbocycles. The van der Waals surface area contributed by atoms with E-state index in [1.807, 2.05) is 0 Å². The molecule has 0 rings (SSSR count). The summed E-state index contributed by atoms with van der Waals surface area (Å²) in [6, 6.07) is 0. The van der Waals surface area contributed by atoms with E-state index in [9.17, 15) is 4.79 Å². The van der Waals surface area contributed by atoms with Gasteiger partial charge in [0.25, 0.3) is 0 Å². The highest BCUT2D eigenvalue weighted by atomic mass is 35.5. The molecule has 0 aromatic rings. The Labute approximate surface area is 68.4 Å². The zero-order valence-electron chi connectivity index (χ0n) is 4.86. The van der Waals surface area contributed by atoms with Gasteiger partial charge in [0.05, 0.1) is 0 Å². The summed E-state index contributed by atoms with van der Waals surface area (Å²) >= 11 is 11.7. The van der Waals surface area contributed by atoms with Crippen molar-refractivity contribution >= 4 is 40.1 Å². The third-order valence-electron chi connectivity index (χ3n) is 0.524. The second-order valence-electron chi connectivity index (χ2n) is 1.30. The van der Waals surface area contributed by atoms with Crippen LogP contribution in [0.25, 0.3) is 0 Å². The fourth-order valence-electron chi connectivity index (χ4n) is 0.222. The summed E-state index contributed by atoms with van der Waals surface area (Å²) in [7, 11) is 0. The molecular weight excluding hydrogens is 179 g/mol. The van der Waals surface area contributed by atoms with Crippen molar-refractivity contribution in [3.8, 4) is 0 Å². The first-order valence-corrected chi connectivity index (χ1v) is 4.01. The molecule has 0 saturated heterocycles. The maximum Gasteiger partial charge on any atom is 0.186 e. The lowest BCUT2D eigenvalue weighted by molar-refractivity contribution is -0.109. The van der Waals surface area contributed by atoms with Crippen molar-refractivity contribution in [1.29, 1.82) is 0 Å². The molecular formula is C5H6Cl2OS. The van der Waals surface area contributed by atoms with Crippen LogP contribution in [0.3, 0.4) is 0 Å². The lowest BCUT2D eigenvalue weighted by Gasteiger charge is -1.86. The van der Waals surface area contributed by atoms with Crippen LogP contribution in [0.15, 0.2) is 10.6 Å². The average Bonchev–Trinajstić information content (AvgIpc) is 1.63. The lowest BCUT2D eigenvalue weighted by Crippen LogP contribution is -1.81. The average molecular weight is 185 g/mol. The van der Waals surface area contributed by atoms with Crippen molar-refractivity contribution in [2.75, 3.05) is 5.75 Å². The minimum absolute atomic E-state index is 0.0702. The standard InChI is InChI=1S/C5H6Cl2OS/c1-4(8)9-3-2-5(6)7/h2H,3H2,1H3. The Kier molecular flexibility index (Phi) is 5.35. The van der Waals surface area contributed by atoms with Gasteiger partial charge in [-0.05, 0) is 6.08 Å². The van der Waals surface area contributed by atoms with Crippen molar-refractivity contribution in [3.05, 3.63) is 10.6 Å². The minimum atomic E-state index is 0.0702. The maximum absolute atomic E-state index is 10.3. The van der Waals surface area contributed by atoms with Gasteiger partial charge in [-0.2, -0.15) is 0 Å². The minimum Gasteiger partial charge on any atom is -0.288 e. The summed E-state index contributed by atoms with van der Waals surface area (Å²) in [6.07, 6.45) is 1.58. The first-order chi connectivity index (χ1) is 4.13. The number of carbonyl (C=O) groups is 1. The van der Waals surface area contributed by atoms with Crippen molar-refractivity contribution in [2.45, 2.75) is 6.92 Å². The molecule has 0 unspecified atom stereocenters. The van der Waals surface area contributed by atoms with E-state index in [2.05, 4.69) is 0 Å². The van der Waals surface area contributed by atoms with Gasteiger partial charge >= 0.3 is 0 Å². The fourth-order valence-corrected chi connectivity index (χ4v) is 1.04. The van der Waals surface area contributed by atoms with Crippen LogP contribution in [0.1, 0.15) is 6.92 Å². The van der Waals surface area contributed by atoms with Gasteiger partial charge in [0, 0.05) is 12.7 Å². The third kappa shape index (κ3) is 8.34. The largest absolute Gasteiger partial charge is 0.288 e. The molecule has 52 valence electrons. The molecule has 0 aliphatic heterocycles. The number of hydrogen-bond acceptors (Lipinski definition) is 2. The first-order valence-electron chi connectivity index (χ1n) is 2.27. The number of thioether (sulfide) groups is 1. The summed E-state index contributed by atoms with van der Waals surface area (Å²) in [5, 5.41) is 0.0702. The predicted molar refractivity (Wildman–Crippen MR) is 42.9 cm³/mol. The summed E-state index contributed by atoms with van der Waals surface area (Å²) in [5.74, 6) is 0.553. The van der Waals surface area contributed by atoms with E-state index >= 15 is 0 Å². The lowest BCUT2D eigenvalue weighted by atomic mass is 10.8. The summed E-state index contributed by atoms with van der Waals surface area (Å²) < 4.78 is 0.212. The smallest absolute Gasteiger partial charge is 0.186 e. The van der Waals surface area contributed by atoms with E-state index in [1.165, 1.54) is 18.7 Å². The fraction of sp³-hybridized carbons (Fsp3) is 0.400. The van der Waals surface area contributed by atoms with Crippen LogP contribution >= 0.6 is 35.0 Å². The van der Waals surface area contributed by atoms with E-state index in [-0.39, 0.29) is 9.61 Å².